The lowest BCUT2D eigenvalue weighted by Gasteiger charge is -2.18. The van der Waals surface area contributed by atoms with Crippen LogP contribution in [0.15, 0.2) is 23.1 Å². The molecule has 2 N–H and O–H groups in total. The second-order valence-corrected chi connectivity index (χ2v) is 4.67. The fourth-order valence-electron chi connectivity index (χ4n) is 1.50. The number of carbonyl (C=O) groups excluding carboxylic acids is 1. The van der Waals surface area contributed by atoms with Crippen molar-refractivity contribution < 1.29 is 14.7 Å². The van der Waals surface area contributed by atoms with E-state index in [1.807, 2.05) is 6.07 Å². The second kappa shape index (κ2) is 4.17. The summed E-state index contributed by atoms with van der Waals surface area (Å²) in [5, 5.41) is 11.7. The van der Waals surface area contributed by atoms with Crippen LogP contribution in [-0.2, 0) is 9.59 Å². The summed E-state index contributed by atoms with van der Waals surface area (Å²) >= 11 is 1.44. The third kappa shape index (κ3) is 2.04. The Morgan fingerprint density at radius 2 is 2.31 bits per heavy atom. The second-order valence-electron chi connectivity index (χ2n) is 3.65. The van der Waals surface area contributed by atoms with Crippen LogP contribution in [0, 0.1) is 0 Å². The molecule has 4 nitrogen and oxygen atoms in total. The van der Waals surface area contributed by atoms with Crippen LogP contribution in [0.5, 0.6) is 0 Å². The minimum Gasteiger partial charge on any atom is -0.481 e. The summed E-state index contributed by atoms with van der Waals surface area (Å²) in [7, 11) is 0. The zero-order valence-electron chi connectivity index (χ0n) is 8.69. The van der Waals surface area contributed by atoms with Crippen molar-refractivity contribution >= 4 is 29.3 Å². The van der Waals surface area contributed by atoms with Gasteiger partial charge in [-0.3, -0.25) is 9.59 Å². The Kier molecular flexibility index (Phi) is 2.87. The predicted molar refractivity (Wildman–Crippen MR) is 61.8 cm³/mol. The van der Waals surface area contributed by atoms with Gasteiger partial charge in [-0.15, -0.1) is 11.8 Å². The molecule has 0 saturated carbocycles. The van der Waals surface area contributed by atoms with Gasteiger partial charge >= 0.3 is 5.97 Å². The van der Waals surface area contributed by atoms with Crippen molar-refractivity contribution in [2.75, 3.05) is 11.1 Å². The first-order valence-electron chi connectivity index (χ1n) is 4.87. The van der Waals surface area contributed by atoms with E-state index in [0.29, 0.717) is 5.75 Å². The zero-order valence-corrected chi connectivity index (χ0v) is 9.50. The normalized spacial score (nSPS) is 16.2. The molecule has 1 amide bonds. The van der Waals surface area contributed by atoms with Crippen LogP contribution < -0.4 is 5.32 Å². The van der Waals surface area contributed by atoms with Gasteiger partial charge in [0.25, 0.3) is 0 Å². The molecule has 0 bridgehead atoms. The molecule has 0 fully saturated rings. The Bertz CT molecular complexity index is 459. The molecule has 1 unspecified atom stereocenters. The van der Waals surface area contributed by atoms with Crippen LogP contribution in [0.1, 0.15) is 18.4 Å². The molecule has 2 rings (SSSR count). The van der Waals surface area contributed by atoms with E-state index in [1.54, 1.807) is 19.1 Å². The fraction of sp³-hybridized carbons (Fsp3) is 0.273. The van der Waals surface area contributed by atoms with Crippen LogP contribution in [0.25, 0.3) is 0 Å². The minimum absolute atomic E-state index is 0.0171. The molecule has 0 spiro atoms. The van der Waals surface area contributed by atoms with Gasteiger partial charge in [-0.05, 0) is 24.6 Å². The molecule has 1 heterocycles. The molecule has 1 aromatic carbocycles. The van der Waals surface area contributed by atoms with Crippen molar-refractivity contribution in [3.05, 3.63) is 23.8 Å². The highest BCUT2D eigenvalue weighted by molar-refractivity contribution is 8.00. The summed E-state index contributed by atoms with van der Waals surface area (Å²) in [6.45, 7) is 1.65. The third-order valence-electron chi connectivity index (χ3n) is 2.51. The molecular formula is C11H11NO3S. The monoisotopic (exact) mass is 237 g/mol. The van der Waals surface area contributed by atoms with Crippen LogP contribution >= 0.6 is 11.8 Å². The number of nitrogens with one attached hydrogen (secondary N) is 1. The smallest absolute Gasteiger partial charge is 0.310 e. The van der Waals surface area contributed by atoms with E-state index >= 15 is 0 Å². The third-order valence-corrected chi connectivity index (χ3v) is 3.56. The highest BCUT2D eigenvalue weighted by atomic mass is 32.2. The number of carboxylic acids is 1. The number of amides is 1. The Morgan fingerprint density at radius 1 is 1.56 bits per heavy atom. The molecule has 1 aliphatic rings. The number of thioether (sulfide) groups is 1. The first-order valence-corrected chi connectivity index (χ1v) is 5.86. The van der Waals surface area contributed by atoms with E-state index in [4.69, 9.17) is 5.11 Å². The molecule has 0 radical (unpaired) electrons. The summed E-state index contributed by atoms with van der Waals surface area (Å²) in [5.41, 5.74) is 1.53. The molecule has 1 atom stereocenters. The molecule has 1 aromatic rings. The first kappa shape index (κ1) is 11.0. The van der Waals surface area contributed by atoms with Crippen LogP contribution in [0.2, 0.25) is 0 Å². The van der Waals surface area contributed by atoms with Gasteiger partial charge in [-0.25, -0.2) is 0 Å². The number of carboxylic acid groups (broad SMARTS) is 1. The number of hydrogen-bond acceptors (Lipinski definition) is 3. The number of hydrogen-bond donors (Lipinski definition) is 2. The summed E-state index contributed by atoms with van der Waals surface area (Å²) in [4.78, 5) is 22.9. The van der Waals surface area contributed by atoms with E-state index in [-0.39, 0.29) is 5.91 Å². The topological polar surface area (TPSA) is 66.4 Å². The van der Waals surface area contributed by atoms with Gasteiger partial charge in [0.05, 0.1) is 17.4 Å². The van der Waals surface area contributed by atoms with Crippen LogP contribution in [-0.4, -0.2) is 22.7 Å². The molecule has 0 saturated heterocycles. The van der Waals surface area contributed by atoms with Gasteiger partial charge in [0.15, 0.2) is 0 Å². The maximum atomic E-state index is 11.1. The Labute approximate surface area is 97.0 Å². The van der Waals surface area contributed by atoms with Gasteiger partial charge in [-0.1, -0.05) is 6.07 Å². The highest BCUT2D eigenvalue weighted by Crippen LogP contribution is 2.33. The standard InChI is InChI=1S/C11H11NO3S/c1-6(11(14)15)7-2-3-8-9(4-7)16-5-10(13)12-8/h2-4,6H,5H2,1H3,(H,12,13)(H,14,15). The highest BCUT2D eigenvalue weighted by Gasteiger charge is 2.19. The number of rotatable bonds is 2. The van der Waals surface area contributed by atoms with Gasteiger partial charge in [-0.2, -0.15) is 0 Å². The average Bonchev–Trinajstić information content (AvgIpc) is 2.27. The van der Waals surface area contributed by atoms with Crippen molar-refractivity contribution in [2.45, 2.75) is 17.7 Å². The van der Waals surface area contributed by atoms with Crippen LogP contribution in [0.3, 0.4) is 0 Å². The summed E-state index contributed by atoms with van der Waals surface area (Å²) < 4.78 is 0. The van der Waals surface area contributed by atoms with Crippen molar-refractivity contribution in [3.63, 3.8) is 0 Å². The lowest BCUT2D eigenvalue weighted by molar-refractivity contribution is -0.138. The Morgan fingerprint density at radius 3 is 3.00 bits per heavy atom. The molecule has 5 heteroatoms. The number of benzene rings is 1. The largest absolute Gasteiger partial charge is 0.481 e. The van der Waals surface area contributed by atoms with Crippen molar-refractivity contribution in [2.24, 2.45) is 0 Å². The van der Waals surface area contributed by atoms with E-state index in [9.17, 15) is 9.59 Å². The maximum absolute atomic E-state index is 11.1. The van der Waals surface area contributed by atoms with E-state index in [2.05, 4.69) is 5.32 Å². The Balaban J connectivity index is 2.33. The van der Waals surface area contributed by atoms with Gasteiger partial charge in [0.2, 0.25) is 5.91 Å². The Hall–Kier alpha value is -1.49. The number of carbonyl (C=O) groups is 2. The van der Waals surface area contributed by atoms with Gasteiger partial charge in [0.1, 0.15) is 0 Å². The molecular weight excluding hydrogens is 226 g/mol. The van der Waals surface area contributed by atoms with Crippen LogP contribution in [0.4, 0.5) is 5.69 Å². The molecule has 84 valence electrons. The zero-order chi connectivity index (χ0) is 11.7. The fourth-order valence-corrected chi connectivity index (χ4v) is 2.36. The quantitative estimate of drug-likeness (QED) is 0.824. The van der Waals surface area contributed by atoms with Gasteiger partial charge < -0.3 is 10.4 Å². The molecule has 0 aromatic heterocycles. The van der Waals surface area contributed by atoms with E-state index in [0.717, 1.165) is 16.1 Å². The number of anilines is 1. The lowest BCUT2D eigenvalue weighted by Crippen LogP contribution is -2.19. The summed E-state index contributed by atoms with van der Waals surface area (Å²) in [6.07, 6.45) is 0. The van der Waals surface area contributed by atoms with Crippen molar-refractivity contribution in [1.82, 2.24) is 0 Å². The van der Waals surface area contributed by atoms with Crippen molar-refractivity contribution in [1.29, 1.82) is 0 Å². The summed E-state index contributed by atoms with van der Waals surface area (Å²) in [6, 6.07) is 5.33. The molecule has 0 aliphatic carbocycles. The first-order chi connectivity index (χ1) is 7.58. The van der Waals surface area contributed by atoms with E-state index < -0.39 is 11.9 Å². The number of aliphatic carboxylic acids is 1. The number of fused-ring (bicyclic) bond motifs is 1. The predicted octanol–water partition coefficient (Wildman–Crippen LogP) is 1.92. The molecule has 1 aliphatic heterocycles. The van der Waals surface area contributed by atoms with E-state index in [1.165, 1.54) is 11.8 Å². The van der Waals surface area contributed by atoms with Crippen molar-refractivity contribution in [3.8, 4) is 0 Å². The SMILES string of the molecule is CC(C(=O)O)c1ccc2c(c1)SCC(=O)N2. The average molecular weight is 237 g/mol. The lowest BCUT2D eigenvalue weighted by atomic mass is 10.0. The summed E-state index contributed by atoms with van der Waals surface area (Å²) in [5.74, 6) is -0.998. The minimum atomic E-state index is -0.843. The van der Waals surface area contributed by atoms with Gasteiger partial charge in [0, 0.05) is 4.90 Å². The maximum Gasteiger partial charge on any atom is 0.310 e. The molecule has 16 heavy (non-hydrogen) atoms.